The number of amides is 2. The third-order valence-corrected chi connectivity index (χ3v) is 6.04. The molecule has 3 rings (SSSR count). The van der Waals surface area contributed by atoms with Crippen LogP contribution in [0.15, 0.2) is 29.6 Å². The molecule has 0 spiro atoms. The smallest absolute Gasteiger partial charge is 0.410 e. The number of benzene rings is 1. The van der Waals surface area contributed by atoms with E-state index in [1.54, 1.807) is 6.92 Å². The van der Waals surface area contributed by atoms with Gasteiger partial charge < -0.3 is 19.9 Å². The number of non-ortho nitro benzene ring substituents is 1. The summed E-state index contributed by atoms with van der Waals surface area (Å²) in [5.41, 5.74) is 0.500. The molecule has 2 amide bonds. The van der Waals surface area contributed by atoms with Gasteiger partial charge in [0.2, 0.25) is 5.91 Å². The maximum absolute atomic E-state index is 13.0. The summed E-state index contributed by atoms with van der Waals surface area (Å²) < 4.78 is 10.2. The summed E-state index contributed by atoms with van der Waals surface area (Å²) in [6.07, 6.45) is -0.397. The average molecular weight is 523 g/mol. The molecule has 2 N–H and O–H groups in total. The van der Waals surface area contributed by atoms with Crippen molar-refractivity contribution in [1.29, 1.82) is 0 Å². The van der Waals surface area contributed by atoms with Gasteiger partial charge in [0.25, 0.3) is 5.69 Å². The van der Waals surface area contributed by atoms with Gasteiger partial charge in [-0.3, -0.25) is 19.8 Å². The molecule has 1 aromatic carbocycles. The summed E-state index contributed by atoms with van der Waals surface area (Å²) in [6, 6.07) is 4.61. The van der Waals surface area contributed by atoms with Crippen LogP contribution in [0.1, 0.15) is 35.8 Å². The molecule has 0 bridgehead atoms. The number of rotatable bonds is 9. The lowest BCUT2D eigenvalue weighted by molar-refractivity contribution is -0.384. The first-order valence-corrected chi connectivity index (χ1v) is 11.8. The van der Waals surface area contributed by atoms with Gasteiger partial charge in [0, 0.05) is 30.5 Å². The minimum absolute atomic E-state index is 0.0569. The molecule has 2 atom stereocenters. The van der Waals surface area contributed by atoms with E-state index in [9.17, 15) is 29.6 Å². The fourth-order valence-electron chi connectivity index (χ4n) is 3.53. The van der Waals surface area contributed by atoms with Gasteiger partial charge in [0.1, 0.15) is 12.6 Å². The van der Waals surface area contributed by atoms with Crippen molar-refractivity contribution in [2.24, 2.45) is 5.92 Å². The van der Waals surface area contributed by atoms with Crippen LogP contribution < -0.4 is 5.32 Å². The first-order chi connectivity index (χ1) is 16.7. The van der Waals surface area contributed by atoms with Gasteiger partial charge in [-0.2, -0.15) is 0 Å². The van der Waals surface area contributed by atoms with Crippen LogP contribution in [0.25, 0.3) is 0 Å². The van der Waals surface area contributed by atoms with Crippen LogP contribution in [-0.4, -0.2) is 62.1 Å². The summed E-state index contributed by atoms with van der Waals surface area (Å²) in [7, 11) is 0. The lowest BCUT2D eigenvalue weighted by atomic mass is 10.0. The lowest BCUT2D eigenvalue weighted by Crippen LogP contribution is -2.43. The van der Waals surface area contributed by atoms with Crippen LogP contribution in [0.3, 0.4) is 0 Å². The number of aromatic nitrogens is 1. The Balaban J connectivity index is 1.67. The zero-order chi connectivity index (χ0) is 25.5. The number of esters is 1. The highest BCUT2D eigenvalue weighted by molar-refractivity contribution is 7.80. The monoisotopic (exact) mass is 522 g/mol. The topological polar surface area (TPSA) is 161 Å². The number of aliphatic hydroxyl groups excluding tert-OH is 1. The molecule has 2 heterocycles. The average Bonchev–Trinajstić information content (AvgIpc) is 3.45. The molecule has 2 aromatic rings. The minimum atomic E-state index is -0.923. The first kappa shape index (κ1) is 26.0. The number of carbonyl (C=O) groups is 3. The van der Waals surface area contributed by atoms with E-state index in [0.717, 1.165) is 11.3 Å². The third-order valence-electron chi connectivity index (χ3n) is 5.12. The number of hydrogen-bond donors (Lipinski definition) is 2. The number of ether oxygens (including phenoxy) is 2. The van der Waals surface area contributed by atoms with Crippen molar-refractivity contribution < 1.29 is 33.9 Å². The van der Waals surface area contributed by atoms with Crippen LogP contribution in [-0.2, 0) is 20.9 Å². The zero-order valence-corrected chi connectivity index (χ0v) is 20.2. The van der Waals surface area contributed by atoms with Crippen molar-refractivity contribution in [3.05, 3.63) is 51.0 Å². The Hall–Kier alpha value is -3.65. The van der Waals surface area contributed by atoms with E-state index in [1.807, 2.05) is 0 Å². The molecule has 0 saturated carbocycles. The van der Waals surface area contributed by atoms with E-state index in [2.05, 4.69) is 10.3 Å². The first-order valence-electron chi connectivity index (χ1n) is 10.5. The fourth-order valence-corrected chi connectivity index (χ4v) is 4.45. The number of nitro groups is 1. The van der Waals surface area contributed by atoms with Gasteiger partial charge in [-0.1, -0.05) is 0 Å². The molecule has 0 radical (unpaired) electrons. The number of nitrogens with zero attached hydrogens (tertiary/aromatic N) is 3. The lowest BCUT2D eigenvalue weighted by Gasteiger charge is -2.23. The van der Waals surface area contributed by atoms with E-state index in [-0.39, 0.29) is 60.1 Å². The van der Waals surface area contributed by atoms with Crippen molar-refractivity contribution in [3.8, 4) is 0 Å². The standard InChI is InChI=1S/C21H22N4O8S2/c1-2-32-19(28)15-11-35-20(22-15)23-18(27)16-7-13(8-17(26)34)9-24(16)21(29)33-10-12-3-5-14(6-4-12)25(30)31/h3-6,11,13,16H,2,7-10H2,1H3,(H,26,34)(H,22,23,27)/t13-,16-/m0/s1. The molecule has 1 saturated heterocycles. The Labute approximate surface area is 209 Å². The van der Waals surface area contributed by atoms with Gasteiger partial charge in [0.15, 0.2) is 15.9 Å². The van der Waals surface area contributed by atoms with E-state index < -0.39 is 28.9 Å². The van der Waals surface area contributed by atoms with E-state index in [4.69, 9.17) is 21.7 Å². The number of nitro benzene ring substituents is 1. The number of hydrogen-bond acceptors (Lipinski definition) is 10. The summed E-state index contributed by atoms with van der Waals surface area (Å²) in [6.45, 7) is 1.83. The molecule has 35 heavy (non-hydrogen) atoms. The van der Waals surface area contributed by atoms with Crippen LogP contribution in [0, 0.1) is 16.0 Å². The van der Waals surface area contributed by atoms with Crippen molar-refractivity contribution in [2.45, 2.75) is 32.4 Å². The predicted octanol–water partition coefficient (Wildman–Crippen LogP) is 3.47. The largest absolute Gasteiger partial charge is 0.502 e. The van der Waals surface area contributed by atoms with Gasteiger partial charge in [-0.05, 0) is 49.2 Å². The third kappa shape index (κ3) is 6.93. The Morgan fingerprint density at radius 3 is 2.66 bits per heavy atom. The minimum Gasteiger partial charge on any atom is -0.502 e. The summed E-state index contributed by atoms with van der Waals surface area (Å²) >= 11 is 5.79. The maximum Gasteiger partial charge on any atom is 0.410 e. The number of likely N-dealkylation sites (tertiary alicyclic amines) is 1. The molecule has 1 aliphatic heterocycles. The molecule has 12 nitrogen and oxygen atoms in total. The molecule has 1 aliphatic rings. The summed E-state index contributed by atoms with van der Waals surface area (Å²) in [4.78, 5) is 53.1. The molecular formula is C21H22N4O8S2. The van der Waals surface area contributed by atoms with E-state index in [1.165, 1.54) is 34.5 Å². The van der Waals surface area contributed by atoms with Crippen molar-refractivity contribution in [3.63, 3.8) is 0 Å². The second kappa shape index (κ2) is 11.7. The maximum atomic E-state index is 13.0. The number of anilines is 1. The summed E-state index contributed by atoms with van der Waals surface area (Å²) in [5, 5.41) is 24.3. The van der Waals surface area contributed by atoms with Gasteiger partial charge >= 0.3 is 12.1 Å². The van der Waals surface area contributed by atoms with E-state index >= 15 is 0 Å². The highest BCUT2D eigenvalue weighted by Gasteiger charge is 2.41. The number of thiocarbonyl (C=S) groups is 1. The normalized spacial score (nSPS) is 17.0. The van der Waals surface area contributed by atoms with Crippen LogP contribution in [0.5, 0.6) is 0 Å². The molecule has 14 heteroatoms. The second-order valence-electron chi connectivity index (χ2n) is 7.59. The summed E-state index contributed by atoms with van der Waals surface area (Å²) in [5.74, 6) is -1.41. The Kier molecular flexibility index (Phi) is 8.65. The Morgan fingerprint density at radius 2 is 2.03 bits per heavy atom. The Bertz CT molecular complexity index is 1120. The number of aliphatic hydroxyl groups is 1. The van der Waals surface area contributed by atoms with Crippen LogP contribution in [0.4, 0.5) is 15.6 Å². The highest BCUT2D eigenvalue weighted by atomic mass is 32.1. The van der Waals surface area contributed by atoms with Gasteiger partial charge in [-0.25, -0.2) is 14.6 Å². The van der Waals surface area contributed by atoms with Crippen molar-refractivity contribution >= 4 is 57.4 Å². The molecule has 186 valence electrons. The molecule has 1 aromatic heterocycles. The van der Waals surface area contributed by atoms with Crippen LogP contribution >= 0.6 is 23.6 Å². The molecule has 0 aliphatic carbocycles. The fraction of sp³-hybridized carbons (Fsp3) is 0.381. The number of nitrogens with one attached hydrogen (secondary N) is 1. The predicted molar refractivity (Wildman–Crippen MR) is 128 cm³/mol. The highest BCUT2D eigenvalue weighted by Crippen LogP contribution is 2.29. The Morgan fingerprint density at radius 1 is 1.31 bits per heavy atom. The molecule has 0 unspecified atom stereocenters. The molecule has 1 fully saturated rings. The quantitative estimate of drug-likeness (QED) is 0.216. The van der Waals surface area contributed by atoms with E-state index in [0.29, 0.717) is 5.56 Å². The van der Waals surface area contributed by atoms with Crippen LogP contribution in [0.2, 0.25) is 0 Å². The van der Waals surface area contributed by atoms with Crippen molar-refractivity contribution in [2.75, 3.05) is 18.5 Å². The SMILES string of the molecule is CCOC(=O)c1csc(NC(=O)[C@@H]2C[C@@H](CC(O)=S)CN2C(=O)OCc2ccc([N+](=O)[O-])cc2)n1. The number of carbonyl (C=O) groups excluding carboxylic acids is 3. The zero-order valence-electron chi connectivity index (χ0n) is 18.5. The molecular weight excluding hydrogens is 500 g/mol. The second-order valence-corrected chi connectivity index (χ2v) is 8.92. The number of thiazole rings is 1. The van der Waals surface area contributed by atoms with Crippen molar-refractivity contribution in [1.82, 2.24) is 9.88 Å². The van der Waals surface area contributed by atoms with Gasteiger partial charge in [-0.15, -0.1) is 11.3 Å². The van der Waals surface area contributed by atoms with Gasteiger partial charge in [0.05, 0.1) is 11.5 Å².